The van der Waals surface area contributed by atoms with Crippen LogP contribution >= 0.6 is 0 Å². The Kier molecular flexibility index (Phi) is 4.71. The molecule has 0 unspecified atom stereocenters. The number of carbonyl (C=O) groups excluding carboxylic acids is 1. The lowest BCUT2D eigenvalue weighted by molar-refractivity contribution is -0.125. The molecule has 1 amide bonds. The number of H-pyrrole nitrogens is 1. The van der Waals surface area contributed by atoms with Gasteiger partial charge in [-0.2, -0.15) is 0 Å². The lowest BCUT2D eigenvalue weighted by Gasteiger charge is -2.08. The molecule has 3 heteroatoms. The molecule has 2 fully saturated rings. The Labute approximate surface area is 155 Å². The molecule has 2 N–H and O–H groups in total. The minimum Gasteiger partial charge on any atom is -0.357 e. The highest BCUT2D eigenvalue weighted by Crippen LogP contribution is 2.45. The Morgan fingerprint density at radius 2 is 1.88 bits per heavy atom. The second kappa shape index (κ2) is 7.14. The number of aromatic amines is 1. The van der Waals surface area contributed by atoms with E-state index >= 15 is 0 Å². The normalized spacial score (nSPS) is 19.7. The zero-order chi connectivity index (χ0) is 18.0. The fourth-order valence-corrected chi connectivity index (χ4v) is 3.32. The first-order valence-electron chi connectivity index (χ1n) is 9.86. The van der Waals surface area contributed by atoms with Crippen LogP contribution in [-0.2, 0) is 11.3 Å². The van der Waals surface area contributed by atoms with Gasteiger partial charge in [-0.25, -0.2) is 0 Å². The van der Waals surface area contributed by atoms with E-state index in [2.05, 4.69) is 58.9 Å². The highest BCUT2D eigenvalue weighted by Gasteiger charge is 2.44. The Balaban J connectivity index is 0.000000240. The van der Waals surface area contributed by atoms with Crippen molar-refractivity contribution in [1.82, 2.24) is 10.3 Å². The number of rotatable bonds is 4. The Morgan fingerprint density at radius 1 is 1.15 bits per heavy atom. The van der Waals surface area contributed by atoms with E-state index in [1.165, 1.54) is 42.1 Å². The zero-order valence-electron chi connectivity index (χ0n) is 15.6. The van der Waals surface area contributed by atoms with Crippen LogP contribution in [0.5, 0.6) is 0 Å². The zero-order valence-corrected chi connectivity index (χ0v) is 15.6. The predicted octanol–water partition coefficient (Wildman–Crippen LogP) is 5.35. The molecule has 2 aromatic rings. The van der Waals surface area contributed by atoms with Gasteiger partial charge in [0.15, 0.2) is 0 Å². The molecule has 2 saturated carbocycles. The van der Waals surface area contributed by atoms with Crippen LogP contribution in [0.4, 0.5) is 0 Å². The molecule has 0 atom stereocenters. The molecular formula is C23H28N2O. The van der Waals surface area contributed by atoms with Crippen molar-refractivity contribution >= 4 is 16.8 Å². The van der Waals surface area contributed by atoms with Crippen molar-refractivity contribution in [3.63, 3.8) is 0 Å². The molecule has 1 heterocycles. The van der Waals surface area contributed by atoms with E-state index in [9.17, 15) is 4.79 Å². The summed E-state index contributed by atoms with van der Waals surface area (Å²) < 4.78 is 0. The van der Waals surface area contributed by atoms with Crippen LogP contribution in [0.25, 0.3) is 10.9 Å². The quantitative estimate of drug-likeness (QED) is 0.768. The lowest BCUT2D eigenvalue weighted by atomic mass is 10.1. The van der Waals surface area contributed by atoms with Crippen molar-refractivity contribution in [3.05, 3.63) is 59.8 Å². The Bertz CT molecular complexity index is 838. The average Bonchev–Trinajstić information content (AvgIpc) is 3.60. The van der Waals surface area contributed by atoms with Crippen LogP contribution in [-0.4, -0.2) is 10.9 Å². The van der Waals surface area contributed by atoms with Crippen molar-refractivity contribution in [3.8, 4) is 0 Å². The molecule has 0 bridgehead atoms. The van der Waals surface area contributed by atoms with Gasteiger partial charge in [0.25, 0.3) is 0 Å². The lowest BCUT2D eigenvalue weighted by Crippen LogP contribution is -2.29. The first-order chi connectivity index (χ1) is 12.6. The summed E-state index contributed by atoms with van der Waals surface area (Å²) in [6, 6.07) is 8.83. The van der Waals surface area contributed by atoms with E-state index in [0.717, 1.165) is 24.5 Å². The Hall–Kier alpha value is -2.29. The van der Waals surface area contributed by atoms with E-state index in [1.54, 1.807) is 0 Å². The van der Waals surface area contributed by atoms with Crippen LogP contribution in [0.15, 0.2) is 48.6 Å². The number of benzene rings is 1. The van der Waals surface area contributed by atoms with Crippen molar-refractivity contribution in [1.29, 1.82) is 0 Å². The van der Waals surface area contributed by atoms with Crippen molar-refractivity contribution < 1.29 is 4.79 Å². The maximum atomic E-state index is 11.9. The number of hydrogen-bond donors (Lipinski definition) is 2. The SMILES string of the molecule is C1=CCCC=C1.CC1(C(=O)NCc2cc3ccc(C4CC4)cc3[nH]2)CC1. The maximum Gasteiger partial charge on any atom is 0.226 e. The molecule has 5 rings (SSSR count). The van der Waals surface area contributed by atoms with Gasteiger partial charge in [-0.15, -0.1) is 0 Å². The summed E-state index contributed by atoms with van der Waals surface area (Å²) in [5.41, 5.74) is 3.63. The van der Waals surface area contributed by atoms with E-state index in [4.69, 9.17) is 0 Å². The van der Waals surface area contributed by atoms with E-state index in [-0.39, 0.29) is 11.3 Å². The third-order valence-corrected chi connectivity index (χ3v) is 5.62. The number of nitrogens with one attached hydrogen (secondary N) is 2. The second-order valence-corrected chi connectivity index (χ2v) is 8.09. The standard InChI is InChI=1S/C17H20N2O.C6H8/c1-17(6-7-17)16(20)18-10-14-8-13-5-4-12(11-2-3-11)9-15(13)19-14;1-2-4-6-5-3-1/h4-5,8-9,11,19H,2-3,6-7,10H2,1H3,(H,18,20);1-4H,5-6H2. The average molecular weight is 348 g/mol. The topological polar surface area (TPSA) is 44.9 Å². The molecule has 3 nitrogen and oxygen atoms in total. The largest absolute Gasteiger partial charge is 0.357 e. The molecule has 3 aliphatic rings. The van der Waals surface area contributed by atoms with E-state index < -0.39 is 0 Å². The summed E-state index contributed by atoms with van der Waals surface area (Å²) in [5, 5.41) is 4.27. The number of carbonyl (C=O) groups is 1. The number of hydrogen-bond acceptors (Lipinski definition) is 1. The Morgan fingerprint density at radius 3 is 2.46 bits per heavy atom. The highest BCUT2D eigenvalue weighted by atomic mass is 16.2. The van der Waals surface area contributed by atoms with E-state index in [1.807, 2.05) is 6.92 Å². The highest BCUT2D eigenvalue weighted by molar-refractivity contribution is 5.85. The summed E-state index contributed by atoms with van der Waals surface area (Å²) >= 11 is 0. The van der Waals surface area contributed by atoms with Crippen LogP contribution in [0, 0.1) is 5.41 Å². The fourth-order valence-electron chi connectivity index (χ4n) is 3.32. The summed E-state index contributed by atoms with van der Waals surface area (Å²) in [4.78, 5) is 15.4. The van der Waals surface area contributed by atoms with Gasteiger partial charge in [-0.05, 0) is 67.5 Å². The van der Waals surface area contributed by atoms with Crippen molar-refractivity contribution in [2.75, 3.05) is 0 Å². The minimum absolute atomic E-state index is 0.0921. The number of amides is 1. The molecular weight excluding hydrogens is 320 g/mol. The molecule has 0 saturated heterocycles. The van der Waals surface area contributed by atoms with Gasteiger partial charge >= 0.3 is 0 Å². The monoisotopic (exact) mass is 348 g/mol. The fraction of sp³-hybridized carbons (Fsp3) is 0.435. The van der Waals surface area contributed by atoms with Gasteiger partial charge in [0.2, 0.25) is 5.91 Å². The third-order valence-electron chi connectivity index (χ3n) is 5.62. The van der Waals surface area contributed by atoms with Crippen LogP contribution in [0.3, 0.4) is 0 Å². The maximum absolute atomic E-state index is 11.9. The molecule has 0 spiro atoms. The van der Waals surface area contributed by atoms with Crippen molar-refractivity contribution in [2.45, 2.75) is 57.9 Å². The molecule has 1 aromatic carbocycles. The van der Waals surface area contributed by atoms with Crippen LogP contribution in [0.2, 0.25) is 0 Å². The molecule has 0 radical (unpaired) electrons. The summed E-state index contributed by atoms with van der Waals surface area (Å²) in [7, 11) is 0. The second-order valence-electron chi connectivity index (χ2n) is 8.09. The molecule has 3 aliphatic carbocycles. The number of aromatic nitrogens is 1. The van der Waals surface area contributed by atoms with Gasteiger partial charge in [-0.1, -0.05) is 43.4 Å². The van der Waals surface area contributed by atoms with Crippen molar-refractivity contribution in [2.24, 2.45) is 5.41 Å². The van der Waals surface area contributed by atoms with E-state index in [0.29, 0.717) is 6.54 Å². The van der Waals surface area contributed by atoms with Crippen LogP contribution in [0.1, 0.15) is 62.6 Å². The first-order valence-corrected chi connectivity index (χ1v) is 9.86. The molecule has 26 heavy (non-hydrogen) atoms. The molecule has 1 aromatic heterocycles. The smallest absolute Gasteiger partial charge is 0.226 e. The number of allylic oxidation sites excluding steroid dienone is 4. The van der Waals surface area contributed by atoms with Crippen LogP contribution < -0.4 is 5.32 Å². The summed E-state index contributed by atoms with van der Waals surface area (Å²) in [6.07, 6.45) is 15.7. The minimum atomic E-state index is -0.0921. The summed E-state index contributed by atoms with van der Waals surface area (Å²) in [5.74, 6) is 0.968. The van der Waals surface area contributed by atoms with Gasteiger partial charge < -0.3 is 10.3 Å². The first kappa shape index (κ1) is 17.1. The van der Waals surface area contributed by atoms with Gasteiger partial charge in [0.05, 0.1) is 6.54 Å². The predicted molar refractivity (Wildman–Crippen MR) is 107 cm³/mol. The molecule has 136 valence electrons. The van der Waals surface area contributed by atoms with Gasteiger partial charge in [-0.3, -0.25) is 4.79 Å². The summed E-state index contributed by atoms with van der Waals surface area (Å²) in [6.45, 7) is 2.64. The number of fused-ring (bicyclic) bond motifs is 1. The molecule has 0 aliphatic heterocycles. The van der Waals surface area contributed by atoms with Gasteiger partial charge in [0, 0.05) is 16.6 Å². The third kappa shape index (κ3) is 4.09. The van der Waals surface area contributed by atoms with Gasteiger partial charge in [0.1, 0.15) is 0 Å².